The van der Waals surface area contributed by atoms with Gasteiger partial charge in [-0.05, 0) is 26.7 Å². The number of carbonyl (C=O) groups is 2. The van der Waals surface area contributed by atoms with Gasteiger partial charge in [-0.1, -0.05) is 19.3 Å². The Labute approximate surface area is 145 Å². The number of carboxylic acid groups (broad SMARTS) is 1. The highest BCUT2D eigenvalue weighted by molar-refractivity contribution is 5.87. The lowest BCUT2D eigenvalue weighted by Crippen LogP contribution is -2.56. The third-order valence-electron chi connectivity index (χ3n) is 5.16. The first-order chi connectivity index (χ1) is 11.7. The van der Waals surface area contributed by atoms with Crippen LogP contribution >= 0.6 is 0 Å². The van der Waals surface area contributed by atoms with E-state index in [9.17, 15) is 24.8 Å². The highest BCUT2D eigenvalue weighted by atomic mass is 16.6. The summed E-state index contributed by atoms with van der Waals surface area (Å²) in [5.41, 5.74) is -0.493. The lowest BCUT2D eigenvalue weighted by atomic mass is 9.80. The molecule has 1 aromatic heterocycles. The normalized spacial score (nSPS) is 16.4. The number of aryl methyl sites for hydroxylation is 2. The van der Waals surface area contributed by atoms with Crippen molar-refractivity contribution in [3.63, 3.8) is 0 Å². The number of hydrogen-bond donors (Lipinski definition) is 1. The summed E-state index contributed by atoms with van der Waals surface area (Å²) in [6.07, 6.45) is 3.50. The molecule has 0 atom stereocenters. The molecule has 1 aliphatic carbocycles. The molecule has 0 bridgehead atoms. The summed E-state index contributed by atoms with van der Waals surface area (Å²) < 4.78 is 1.44. The van der Waals surface area contributed by atoms with Crippen molar-refractivity contribution in [1.82, 2.24) is 14.7 Å². The van der Waals surface area contributed by atoms with Crippen LogP contribution < -0.4 is 0 Å². The van der Waals surface area contributed by atoms with E-state index in [1.54, 1.807) is 13.8 Å². The van der Waals surface area contributed by atoms with Crippen LogP contribution in [0.1, 0.15) is 49.9 Å². The third kappa shape index (κ3) is 3.49. The molecule has 0 radical (unpaired) electrons. The van der Waals surface area contributed by atoms with Crippen molar-refractivity contribution in [3.05, 3.63) is 21.5 Å². The lowest BCUT2D eigenvalue weighted by Gasteiger charge is -2.41. The summed E-state index contributed by atoms with van der Waals surface area (Å²) in [5.74, 6) is -1.26. The molecule has 1 aromatic rings. The zero-order chi connectivity index (χ0) is 18.8. The monoisotopic (exact) mass is 352 g/mol. The van der Waals surface area contributed by atoms with Gasteiger partial charge >= 0.3 is 11.7 Å². The molecule has 1 fully saturated rings. The number of nitro groups is 1. The molecule has 9 heteroatoms. The Balaban J connectivity index is 2.10. The van der Waals surface area contributed by atoms with Gasteiger partial charge in [0.25, 0.3) is 0 Å². The second-order valence-electron chi connectivity index (χ2n) is 6.60. The van der Waals surface area contributed by atoms with Gasteiger partial charge in [0.2, 0.25) is 5.91 Å². The van der Waals surface area contributed by atoms with Crippen LogP contribution in [-0.4, -0.2) is 49.2 Å². The molecule has 9 nitrogen and oxygen atoms in total. The summed E-state index contributed by atoms with van der Waals surface area (Å²) in [6.45, 7) is 3.32. The van der Waals surface area contributed by atoms with Gasteiger partial charge < -0.3 is 10.0 Å². The molecule has 138 valence electrons. The number of amides is 1. The predicted octanol–water partition coefficient (Wildman–Crippen LogP) is 2.04. The fraction of sp³-hybridized carbons (Fsp3) is 0.688. The highest BCUT2D eigenvalue weighted by Crippen LogP contribution is 2.33. The SMILES string of the molecule is Cc1nn(CCC(=O)N(C)C2(C(=O)O)CCCCC2)c(C)c1[N+](=O)[O-]. The van der Waals surface area contributed by atoms with Crippen LogP contribution in [0.15, 0.2) is 0 Å². The van der Waals surface area contributed by atoms with E-state index in [0.717, 1.165) is 19.3 Å². The number of nitrogens with zero attached hydrogens (tertiary/aromatic N) is 4. The number of likely N-dealkylation sites (N-methyl/N-ethyl adjacent to an activating group) is 1. The molecule has 1 saturated carbocycles. The molecule has 25 heavy (non-hydrogen) atoms. The summed E-state index contributed by atoms with van der Waals surface area (Å²) >= 11 is 0. The van der Waals surface area contributed by atoms with E-state index in [-0.39, 0.29) is 24.6 Å². The van der Waals surface area contributed by atoms with Crippen molar-refractivity contribution in [2.24, 2.45) is 0 Å². The number of hydrogen-bond acceptors (Lipinski definition) is 5. The smallest absolute Gasteiger partial charge is 0.329 e. The molecule has 1 heterocycles. The Hall–Kier alpha value is -2.45. The van der Waals surface area contributed by atoms with Crippen molar-refractivity contribution >= 4 is 17.6 Å². The summed E-state index contributed by atoms with van der Waals surface area (Å²) in [4.78, 5) is 36.2. The van der Waals surface area contributed by atoms with Gasteiger partial charge in [0, 0.05) is 13.5 Å². The van der Waals surface area contributed by atoms with Crippen molar-refractivity contribution in [1.29, 1.82) is 0 Å². The van der Waals surface area contributed by atoms with Crippen molar-refractivity contribution in [3.8, 4) is 0 Å². The van der Waals surface area contributed by atoms with Crippen LogP contribution in [-0.2, 0) is 16.1 Å². The first-order valence-corrected chi connectivity index (χ1v) is 8.39. The van der Waals surface area contributed by atoms with Crippen LogP contribution in [0.3, 0.4) is 0 Å². The van der Waals surface area contributed by atoms with Crippen molar-refractivity contribution < 1.29 is 19.6 Å². The van der Waals surface area contributed by atoms with Crippen LogP contribution in [0.5, 0.6) is 0 Å². The Morgan fingerprint density at radius 3 is 2.40 bits per heavy atom. The van der Waals surface area contributed by atoms with E-state index in [2.05, 4.69) is 5.10 Å². The van der Waals surface area contributed by atoms with Crippen LogP contribution in [0, 0.1) is 24.0 Å². The standard InChI is InChI=1S/C16H24N4O5/c1-11-14(20(24)25)12(2)19(17-11)10-7-13(21)18(3)16(15(22)23)8-5-4-6-9-16/h4-10H2,1-3H3,(H,22,23). The fourth-order valence-electron chi connectivity index (χ4n) is 3.61. The minimum absolute atomic E-state index is 0.0462. The van der Waals surface area contributed by atoms with Crippen LogP contribution in [0.2, 0.25) is 0 Å². The van der Waals surface area contributed by atoms with Gasteiger partial charge in [-0.3, -0.25) is 19.6 Å². The Morgan fingerprint density at radius 1 is 1.32 bits per heavy atom. The number of aromatic nitrogens is 2. The van der Waals surface area contributed by atoms with Gasteiger partial charge in [0.05, 0.1) is 11.5 Å². The van der Waals surface area contributed by atoms with E-state index in [1.807, 2.05) is 0 Å². The third-order valence-corrected chi connectivity index (χ3v) is 5.16. The first kappa shape index (κ1) is 18.9. The van der Waals surface area contributed by atoms with Gasteiger partial charge in [-0.25, -0.2) is 4.79 Å². The number of carbonyl (C=O) groups excluding carboxylic acids is 1. The second kappa shape index (κ2) is 7.20. The highest BCUT2D eigenvalue weighted by Gasteiger charge is 2.45. The maximum absolute atomic E-state index is 12.5. The van der Waals surface area contributed by atoms with Gasteiger partial charge in [-0.2, -0.15) is 5.10 Å². The molecule has 0 unspecified atom stereocenters. The largest absolute Gasteiger partial charge is 0.479 e. The Bertz CT molecular complexity index is 691. The zero-order valence-electron chi connectivity index (χ0n) is 14.8. The Kier molecular flexibility index (Phi) is 5.44. The van der Waals surface area contributed by atoms with Crippen molar-refractivity contribution in [2.75, 3.05) is 7.05 Å². The number of aliphatic carboxylic acids is 1. The average molecular weight is 352 g/mol. The molecule has 1 amide bonds. The van der Waals surface area contributed by atoms with Crippen LogP contribution in [0.4, 0.5) is 5.69 Å². The fourth-order valence-corrected chi connectivity index (χ4v) is 3.61. The average Bonchev–Trinajstić information content (AvgIpc) is 2.86. The molecule has 0 saturated heterocycles. The molecular weight excluding hydrogens is 328 g/mol. The number of rotatable bonds is 6. The topological polar surface area (TPSA) is 119 Å². The summed E-state index contributed by atoms with van der Waals surface area (Å²) in [7, 11) is 1.53. The van der Waals surface area contributed by atoms with Gasteiger partial charge in [0.1, 0.15) is 16.9 Å². The molecule has 1 N–H and O–H groups in total. The molecule has 0 spiro atoms. The molecular formula is C16H24N4O5. The maximum atomic E-state index is 12.5. The summed E-state index contributed by atoms with van der Waals surface area (Å²) in [5, 5.41) is 24.8. The van der Waals surface area contributed by atoms with E-state index in [1.165, 1.54) is 16.6 Å². The minimum atomic E-state index is -1.14. The molecule has 0 aromatic carbocycles. The quantitative estimate of drug-likeness (QED) is 0.618. The second-order valence-corrected chi connectivity index (χ2v) is 6.60. The van der Waals surface area contributed by atoms with E-state index >= 15 is 0 Å². The summed E-state index contributed by atoms with van der Waals surface area (Å²) in [6, 6.07) is 0. The van der Waals surface area contributed by atoms with E-state index in [4.69, 9.17) is 0 Å². The molecule has 0 aliphatic heterocycles. The van der Waals surface area contributed by atoms with Crippen LogP contribution in [0.25, 0.3) is 0 Å². The first-order valence-electron chi connectivity index (χ1n) is 8.39. The van der Waals surface area contributed by atoms with Crippen molar-refractivity contribution in [2.45, 2.75) is 64.5 Å². The van der Waals surface area contributed by atoms with E-state index in [0.29, 0.717) is 24.2 Å². The minimum Gasteiger partial charge on any atom is -0.479 e. The van der Waals surface area contributed by atoms with Gasteiger partial charge in [0.15, 0.2) is 0 Å². The van der Waals surface area contributed by atoms with E-state index < -0.39 is 16.4 Å². The number of carboxylic acids is 1. The predicted molar refractivity (Wildman–Crippen MR) is 89.2 cm³/mol. The molecule has 1 aliphatic rings. The lowest BCUT2D eigenvalue weighted by molar-refractivity contribution is -0.386. The Morgan fingerprint density at radius 2 is 1.92 bits per heavy atom. The van der Waals surface area contributed by atoms with Gasteiger partial charge in [-0.15, -0.1) is 0 Å². The molecule has 2 rings (SSSR count). The zero-order valence-corrected chi connectivity index (χ0v) is 14.8. The maximum Gasteiger partial charge on any atom is 0.329 e.